The van der Waals surface area contributed by atoms with Crippen LogP contribution in [0.2, 0.25) is 0 Å². The van der Waals surface area contributed by atoms with Crippen molar-refractivity contribution in [2.24, 2.45) is 16.7 Å². The van der Waals surface area contributed by atoms with Crippen molar-refractivity contribution in [3.05, 3.63) is 0 Å². The van der Waals surface area contributed by atoms with Crippen molar-refractivity contribution < 1.29 is 25.2 Å². The van der Waals surface area contributed by atoms with Crippen molar-refractivity contribution in [3.8, 4) is 0 Å². The van der Waals surface area contributed by atoms with E-state index < -0.39 is 30.5 Å². The van der Waals surface area contributed by atoms with E-state index in [4.69, 9.17) is 4.74 Å². The normalized spacial score (nSPS) is 45.5. The van der Waals surface area contributed by atoms with E-state index in [0.717, 1.165) is 18.1 Å². The van der Waals surface area contributed by atoms with Crippen LogP contribution >= 0.6 is 11.8 Å². The molecule has 6 heteroatoms. The predicted molar refractivity (Wildman–Crippen MR) is 103 cm³/mol. The molecule has 5 nitrogen and oxygen atoms in total. The quantitative estimate of drug-likeness (QED) is 0.576. The fraction of sp³-hybridized carbons (Fsp3) is 1.00. The van der Waals surface area contributed by atoms with E-state index in [0.29, 0.717) is 23.0 Å². The van der Waals surface area contributed by atoms with Gasteiger partial charge in [0.2, 0.25) is 0 Å². The molecular weight excluding hydrogens is 352 g/mol. The maximum absolute atomic E-state index is 10.3. The summed E-state index contributed by atoms with van der Waals surface area (Å²) in [7, 11) is 0. The summed E-state index contributed by atoms with van der Waals surface area (Å²) < 4.78 is 5.74. The highest BCUT2D eigenvalue weighted by Crippen LogP contribution is 2.55. The molecule has 1 saturated heterocycles. The van der Waals surface area contributed by atoms with Crippen molar-refractivity contribution in [3.63, 3.8) is 0 Å². The molecule has 3 unspecified atom stereocenters. The van der Waals surface area contributed by atoms with Crippen LogP contribution in [0.25, 0.3) is 0 Å². The van der Waals surface area contributed by atoms with Gasteiger partial charge in [-0.2, -0.15) is 11.8 Å². The molecule has 4 N–H and O–H groups in total. The van der Waals surface area contributed by atoms with Crippen LogP contribution in [-0.4, -0.2) is 68.1 Å². The lowest BCUT2D eigenvalue weighted by Crippen LogP contribution is -2.58. The number of aliphatic hydroxyl groups is 4. The van der Waals surface area contributed by atoms with E-state index in [1.807, 2.05) is 0 Å². The van der Waals surface area contributed by atoms with Crippen LogP contribution in [0.15, 0.2) is 0 Å². The molecule has 0 radical (unpaired) electrons. The van der Waals surface area contributed by atoms with Crippen LogP contribution < -0.4 is 0 Å². The summed E-state index contributed by atoms with van der Waals surface area (Å²) >= 11 is 2.14. The van der Waals surface area contributed by atoms with Gasteiger partial charge in [-0.3, -0.25) is 0 Å². The fourth-order valence-electron chi connectivity index (χ4n) is 5.19. The Labute approximate surface area is 161 Å². The van der Waals surface area contributed by atoms with Gasteiger partial charge in [0.1, 0.15) is 24.4 Å². The topological polar surface area (TPSA) is 90.2 Å². The first-order valence-electron chi connectivity index (χ1n) is 9.98. The third-order valence-electron chi connectivity index (χ3n) is 6.86. The molecule has 3 aliphatic rings. The van der Waals surface area contributed by atoms with Crippen molar-refractivity contribution in [1.29, 1.82) is 0 Å². The Morgan fingerprint density at radius 2 is 1.50 bits per heavy atom. The largest absolute Gasteiger partial charge is 0.394 e. The number of hydrogen-bond acceptors (Lipinski definition) is 6. The Morgan fingerprint density at radius 3 is 2.08 bits per heavy atom. The zero-order valence-corrected chi connectivity index (χ0v) is 17.3. The Kier molecular flexibility index (Phi) is 6.04. The third kappa shape index (κ3) is 4.26. The van der Waals surface area contributed by atoms with Gasteiger partial charge in [-0.05, 0) is 48.9 Å². The van der Waals surface area contributed by atoms with Crippen LogP contribution in [0.4, 0.5) is 0 Å². The van der Waals surface area contributed by atoms with E-state index in [2.05, 4.69) is 39.5 Å². The molecule has 2 saturated carbocycles. The summed E-state index contributed by atoms with van der Waals surface area (Å²) in [5.74, 6) is 0.398. The van der Waals surface area contributed by atoms with Crippen LogP contribution in [0.1, 0.15) is 59.8 Å². The molecule has 152 valence electrons. The highest BCUT2D eigenvalue weighted by atomic mass is 32.2. The predicted octanol–water partition coefficient (Wildman–Crippen LogP) is 1.95. The second-order valence-corrected chi connectivity index (χ2v) is 11.8. The lowest BCUT2D eigenvalue weighted by Gasteiger charge is -2.43. The standard InChI is InChI=1S/C20H36O5S/c1-19(2)7-13(8-19)26-12-5-11(20(3,4)9-12)6-14-16(22)18(24)17(23)15(10-21)25-14/h11-18,21-24H,5-10H2,1-4H3/t11?,12?,14?,15-,16+,17+,18-/m1/s1. The molecule has 0 aromatic heterocycles. The van der Waals surface area contributed by atoms with Crippen molar-refractivity contribution in [2.45, 2.75) is 101 Å². The van der Waals surface area contributed by atoms with Crippen LogP contribution in [0, 0.1) is 16.7 Å². The average molecular weight is 389 g/mol. The molecule has 26 heavy (non-hydrogen) atoms. The molecule has 0 spiro atoms. The minimum Gasteiger partial charge on any atom is -0.394 e. The minimum atomic E-state index is -1.27. The zero-order valence-electron chi connectivity index (χ0n) is 16.5. The van der Waals surface area contributed by atoms with E-state index in [1.54, 1.807) is 0 Å². The smallest absolute Gasteiger partial charge is 0.111 e. The SMILES string of the molecule is CC1(C)CC(SC2CC(CC3O[C@H](CO)[C@H](O)[C@H](O)[C@H]3O)C(C)(C)C2)C1. The first kappa shape index (κ1) is 20.9. The highest BCUT2D eigenvalue weighted by Gasteiger charge is 2.49. The van der Waals surface area contributed by atoms with Crippen LogP contribution in [-0.2, 0) is 4.74 Å². The summed E-state index contributed by atoms with van der Waals surface area (Å²) in [6, 6.07) is 0. The number of hydrogen-bond donors (Lipinski definition) is 4. The van der Waals surface area contributed by atoms with Gasteiger partial charge < -0.3 is 25.2 Å². The lowest BCUT2D eigenvalue weighted by molar-refractivity contribution is -0.233. The Hall–Kier alpha value is 0.150. The summed E-state index contributed by atoms with van der Waals surface area (Å²) in [4.78, 5) is 0. The second kappa shape index (κ2) is 7.53. The van der Waals surface area contributed by atoms with Gasteiger partial charge in [0.25, 0.3) is 0 Å². The molecule has 0 bridgehead atoms. The molecule has 3 fully saturated rings. The molecule has 7 atom stereocenters. The van der Waals surface area contributed by atoms with E-state index >= 15 is 0 Å². The van der Waals surface area contributed by atoms with E-state index in [9.17, 15) is 20.4 Å². The Bertz CT molecular complexity index is 487. The van der Waals surface area contributed by atoms with Gasteiger partial charge in [-0.15, -0.1) is 0 Å². The first-order chi connectivity index (χ1) is 12.0. The Balaban J connectivity index is 1.58. The third-order valence-corrected chi connectivity index (χ3v) is 8.32. The van der Waals surface area contributed by atoms with Crippen LogP contribution in [0.5, 0.6) is 0 Å². The molecule has 0 amide bonds. The molecule has 1 heterocycles. The summed E-state index contributed by atoms with van der Waals surface area (Å²) in [6.07, 6.45) is 0.528. The van der Waals surface area contributed by atoms with Crippen molar-refractivity contribution in [2.75, 3.05) is 6.61 Å². The number of ether oxygens (including phenoxy) is 1. The molecule has 1 aliphatic heterocycles. The van der Waals surface area contributed by atoms with Gasteiger partial charge in [0, 0.05) is 10.5 Å². The Morgan fingerprint density at radius 1 is 0.885 bits per heavy atom. The molecular formula is C20H36O5S. The van der Waals surface area contributed by atoms with Crippen molar-refractivity contribution in [1.82, 2.24) is 0 Å². The second-order valence-electron chi connectivity index (χ2n) is 10.2. The summed E-state index contributed by atoms with van der Waals surface area (Å²) in [5.41, 5.74) is 0.664. The molecule has 0 aromatic carbocycles. The van der Waals surface area contributed by atoms with Gasteiger partial charge >= 0.3 is 0 Å². The molecule has 2 aliphatic carbocycles. The maximum Gasteiger partial charge on any atom is 0.111 e. The van der Waals surface area contributed by atoms with E-state index in [1.165, 1.54) is 12.8 Å². The molecule has 0 aromatic rings. The van der Waals surface area contributed by atoms with Gasteiger partial charge in [0.05, 0.1) is 12.7 Å². The highest BCUT2D eigenvalue weighted by molar-refractivity contribution is 8.00. The molecule has 3 rings (SSSR count). The number of rotatable bonds is 5. The lowest BCUT2D eigenvalue weighted by atomic mass is 9.72. The van der Waals surface area contributed by atoms with Gasteiger partial charge in [0.15, 0.2) is 0 Å². The van der Waals surface area contributed by atoms with E-state index in [-0.39, 0.29) is 12.0 Å². The van der Waals surface area contributed by atoms with Gasteiger partial charge in [-0.25, -0.2) is 0 Å². The zero-order chi connectivity index (χ0) is 19.3. The summed E-state index contributed by atoms with van der Waals surface area (Å²) in [6.45, 7) is 8.89. The monoisotopic (exact) mass is 388 g/mol. The minimum absolute atomic E-state index is 0.162. The number of aliphatic hydroxyl groups excluding tert-OH is 4. The number of thioether (sulfide) groups is 1. The fourth-order valence-corrected chi connectivity index (χ4v) is 7.70. The average Bonchev–Trinajstić information content (AvgIpc) is 2.79. The summed E-state index contributed by atoms with van der Waals surface area (Å²) in [5, 5.41) is 41.1. The van der Waals surface area contributed by atoms with Crippen molar-refractivity contribution >= 4 is 11.8 Å². The van der Waals surface area contributed by atoms with Crippen LogP contribution in [0.3, 0.4) is 0 Å². The first-order valence-corrected chi connectivity index (χ1v) is 10.9. The maximum atomic E-state index is 10.3. The van der Waals surface area contributed by atoms with Gasteiger partial charge in [-0.1, -0.05) is 27.7 Å².